The zero-order chi connectivity index (χ0) is 25.4. The maximum absolute atomic E-state index is 12.5. The molecule has 35 heavy (non-hydrogen) atoms. The number of morpholine rings is 1. The van der Waals surface area contributed by atoms with Crippen molar-refractivity contribution in [1.29, 1.82) is 0 Å². The molecule has 1 aliphatic rings. The number of rotatable bonds is 5. The first-order valence-corrected chi connectivity index (χ1v) is 10.4. The summed E-state index contributed by atoms with van der Waals surface area (Å²) in [6, 6.07) is 7.47. The fourth-order valence-corrected chi connectivity index (χ4v) is 3.11. The van der Waals surface area contributed by atoms with Gasteiger partial charge in [-0.2, -0.15) is 13.2 Å². The van der Waals surface area contributed by atoms with Gasteiger partial charge in [0.2, 0.25) is 5.95 Å². The van der Waals surface area contributed by atoms with Crippen LogP contribution in [-0.4, -0.2) is 69.0 Å². The Morgan fingerprint density at radius 2 is 1.77 bits per heavy atom. The molecule has 3 aromatic heterocycles. The molecule has 0 radical (unpaired) electrons. The minimum Gasteiger partial charge on any atom is -0.475 e. The second-order valence-corrected chi connectivity index (χ2v) is 7.40. The van der Waals surface area contributed by atoms with Crippen LogP contribution in [0.3, 0.4) is 0 Å². The highest BCUT2D eigenvalue weighted by atomic mass is 19.4. The van der Waals surface area contributed by atoms with Crippen LogP contribution < -0.4 is 10.2 Å². The van der Waals surface area contributed by atoms with Gasteiger partial charge in [0.05, 0.1) is 25.5 Å². The second kappa shape index (κ2) is 11.4. The van der Waals surface area contributed by atoms with Gasteiger partial charge in [-0.1, -0.05) is 6.07 Å². The van der Waals surface area contributed by atoms with Crippen molar-refractivity contribution in [2.75, 3.05) is 31.2 Å². The van der Waals surface area contributed by atoms with E-state index in [1.807, 2.05) is 37.5 Å². The summed E-state index contributed by atoms with van der Waals surface area (Å²) < 4.78 is 38.9. The number of pyridine rings is 1. The molecule has 1 saturated heterocycles. The van der Waals surface area contributed by atoms with E-state index in [2.05, 4.69) is 25.2 Å². The van der Waals surface area contributed by atoms with Gasteiger partial charge in [-0.25, -0.2) is 14.8 Å². The van der Waals surface area contributed by atoms with Gasteiger partial charge >= 0.3 is 12.1 Å². The second-order valence-electron chi connectivity index (χ2n) is 7.40. The van der Waals surface area contributed by atoms with Crippen molar-refractivity contribution in [3.05, 3.63) is 60.4 Å². The highest BCUT2D eigenvalue weighted by Gasteiger charge is 2.38. The van der Waals surface area contributed by atoms with E-state index in [1.165, 1.54) is 0 Å². The molecule has 2 N–H and O–H groups in total. The first kappa shape index (κ1) is 25.6. The minimum absolute atomic E-state index is 0.148. The van der Waals surface area contributed by atoms with Crippen LogP contribution in [0, 0.1) is 0 Å². The van der Waals surface area contributed by atoms with Gasteiger partial charge in [-0.3, -0.25) is 9.78 Å². The summed E-state index contributed by atoms with van der Waals surface area (Å²) in [5.41, 5.74) is 3.16. The summed E-state index contributed by atoms with van der Waals surface area (Å²) >= 11 is 0. The van der Waals surface area contributed by atoms with E-state index in [0.29, 0.717) is 31.4 Å². The molecule has 1 aliphatic heterocycles. The molecule has 4 rings (SSSR count). The number of nitrogens with one attached hydrogen (secondary N) is 1. The van der Waals surface area contributed by atoms with Crippen molar-refractivity contribution in [3.63, 3.8) is 0 Å². The average molecular weight is 492 g/mol. The normalized spacial score (nSPS) is 13.5. The molecular weight excluding hydrogens is 469 g/mol. The summed E-state index contributed by atoms with van der Waals surface area (Å²) in [4.78, 5) is 36.7. The summed E-state index contributed by atoms with van der Waals surface area (Å²) in [6.45, 7) is 3.37. The number of carboxylic acids is 1. The fraction of sp³-hybridized carbons (Fsp3) is 0.318. The standard InChI is InChI=1S/C20H22N6O2.C2HF3O2/c1-25-14-15(10-18(25)19(27)22-13-17-4-2-3-5-21-17)16-11-23-20(24-12-16)26-6-8-28-9-7-26;3-2(4,5)1(6)7/h2-5,10-12,14H,6-9,13H2,1H3,(H,22,27);(H,6,7). The van der Waals surface area contributed by atoms with Gasteiger partial charge in [0.25, 0.3) is 5.91 Å². The van der Waals surface area contributed by atoms with Crippen molar-refractivity contribution in [1.82, 2.24) is 24.8 Å². The molecule has 186 valence electrons. The van der Waals surface area contributed by atoms with Crippen molar-refractivity contribution in [2.24, 2.45) is 7.05 Å². The van der Waals surface area contributed by atoms with E-state index < -0.39 is 12.1 Å². The number of anilines is 1. The van der Waals surface area contributed by atoms with E-state index in [9.17, 15) is 18.0 Å². The summed E-state index contributed by atoms with van der Waals surface area (Å²) in [5, 5.41) is 10.0. The quantitative estimate of drug-likeness (QED) is 0.556. The lowest BCUT2D eigenvalue weighted by Crippen LogP contribution is -2.37. The number of halogens is 3. The van der Waals surface area contributed by atoms with E-state index in [0.717, 1.165) is 29.9 Å². The first-order valence-electron chi connectivity index (χ1n) is 10.4. The molecule has 3 aromatic rings. The maximum Gasteiger partial charge on any atom is 0.490 e. The third kappa shape index (κ3) is 7.24. The Labute approximate surface area is 198 Å². The third-order valence-corrected chi connectivity index (χ3v) is 4.90. The lowest BCUT2D eigenvalue weighted by atomic mass is 10.2. The predicted molar refractivity (Wildman–Crippen MR) is 119 cm³/mol. The van der Waals surface area contributed by atoms with E-state index in [-0.39, 0.29) is 5.91 Å². The summed E-state index contributed by atoms with van der Waals surface area (Å²) in [6.07, 6.45) is 2.12. The molecule has 0 aromatic carbocycles. The van der Waals surface area contributed by atoms with Gasteiger partial charge in [0.15, 0.2) is 0 Å². The smallest absolute Gasteiger partial charge is 0.475 e. The molecule has 0 spiro atoms. The fourth-order valence-electron chi connectivity index (χ4n) is 3.11. The van der Waals surface area contributed by atoms with E-state index in [4.69, 9.17) is 14.6 Å². The number of hydrogen-bond donors (Lipinski definition) is 2. The number of alkyl halides is 3. The largest absolute Gasteiger partial charge is 0.490 e. The number of nitrogens with zero attached hydrogens (tertiary/aromatic N) is 5. The van der Waals surface area contributed by atoms with Gasteiger partial charge in [0.1, 0.15) is 5.69 Å². The number of aryl methyl sites for hydroxylation is 1. The first-order chi connectivity index (χ1) is 16.6. The van der Waals surface area contributed by atoms with Crippen molar-refractivity contribution >= 4 is 17.8 Å². The Hall–Kier alpha value is -4.00. The highest BCUT2D eigenvalue weighted by molar-refractivity contribution is 5.94. The lowest BCUT2D eigenvalue weighted by molar-refractivity contribution is -0.192. The molecule has 1 fully saturated rings. The number of aromatic nitrogens is 4. The molecule has 10 nitrogen and oxygen atoms in total. The summed E-state index contributed by atoms with van der Waals surface area (Å²) in [7, 11) is 1.85. The number of carbonyl (C=O) groups excluding carboxylic acids is 1. The summed E-state index contributed by atoms with van der Waals surface area (Å²) in [5.74, 6) is -2.20. The number of ether oxygens (including phenoxy) is 1. The monoisotopic (exact) mass is 492 g/mol. The number of hydrogen-bond acceptors (Lipinski definition) is 7. The molecule has 1 amide bonds. The van der Waals surface area contributed by atoms with Gasteiger partial charge in [-0.05, 0) is 18.2 Å². The Bertz CT molecular complexity index is 1130. The van der Waals surface area contributed by atoms with Crippen molar-refractivity contribution in [2.45, 2.75) is 12.7 Å². The van der Waals surface area contributed by atoms with Crippen LogP contribution in [0.4, 0.5) is 19.1 Å². The van der Waals surface area contributed by atoms with Crippen LogP contribution in [0.2, 0.25) is 0 Å². The molecule has 0 saturated carbocycles. The SMILES string of the molecule is Cn1cc(-c2cnc(N3CCOCC3)nc2)cc1C(=O)NCc1ccccn1.O=C(O)C(F)(F)F. The van der Waals surface area contributed by atoms with Crippen LogP contribution in [0.15, 0.2) is 49.1 Å². The molecule has 0 unspecified atom stereocenters. The van der Waals surface area contributed by atoms with E-state index in [1.54, 1.807) is 23.2 Å². The molecule has 0 aliphatic carbocycles. The van der Waals surface area contributed by atoms with Crippen LogP contribution in [0.25, 0.3) is 11.1 Å². The Morgan fingerprint density at radius 1 is 1.11 bits per heavy atom. The minimum atomic E-state index is -5.08. The highest BCUT2D eigenvalue weighted by Crippen LogP contribution is 2.22. The van der Waals surface area contributed by atoms with Gasteiger partial charge < -0.3 is 24.6 Å². The lowest BCUT2D eigenvalue weighted by Gasteiger charge is -2.26. The number of carbonyl (C=O) groups is 2. The maximum atomic E-state index is 12.5. The molecule has 4 heterocycles. The topological polar surface area (TPSA) is 122 Å². The zero-order valence-corrected chi connectivity index (χ0v) is 18.7. The van der Waals surface area contributed by atoms with Crippen molar-refractivity contribution < 1.29 is 32.6 Å². The third-order valence-electron chi connectivity index (χ3n) is 4.90. The number of amides is 1. The Morgan fingerprint density at radius 3 is 2.34 bits per heavy atom. The molecule has 13 heteroatoms. The van der Waals surface area contributed by atoms with Crippen LogP contribution in [-0.2, 0) is 23.1 Å². The molecular formula is C22H23F3N6O4. The van der Waals surface area contributed by atoms with Gasteiger partial charge in [-0.15, -0.1) is 0 Å². The predicted octanol–water partition coefficient (Wildman–Crippen LogP) is 2.28. The van der Waals surface area contributed by atoms with E-state index >= 15 is 0 Å². The molecule has 0 atom stereocenters. The number of aliphatic carboxylic acids is 1. The molecule has 0 bridgehead atoms. The van der Waals surface area contributed by atoms with Crippen LogP contribution in [0.1, 0.15) is 16.2 Å². The van der Waals surface area contributed by atoms with Crippen LogP contribution >= 0.6 is 0 Å². The van der Waals surface area contributed by atoms with Gasteiger partial charge in [0, 0.05) is 56.1 Å². The van der Waals surface area contributed by atoms with Crippen molar-refractivity contribution in [3.8, 4) is 11.1 Å². The Balaban J connectivity index is 0.000000429. The Kier molecular flexibility index (Phi) is 8.36. The number of carboxylic acid groups (broad SMARTS) is 1. The van der Waals surface area contributed by atoms with Crippen LogP contribution in [0.5, 0.6) is 0 Å². The average Bonchev–Trinajstić information content (AvgIpc) is 3.25. The zero-order valence-electron chi connectivity index (χ0n) is 18.7.